The van der Waals surface area contributed by atoms with Gasteiger partial charge in [0.15, 0.2) is 12.1 Å². The van der Waals surface area contributed by atoms with Crippen LogP contribution < -0.4 is 0 Å². The minimum absolute atomic E-state index is 0.266. The summed E-state index contributed by atoms with van der Waals surface area (Å²) in [6.45, 7) is 0.503. The zero-order chi connectivity index (χ0) is 14.1. The van der Waals surface area contributed by atoms with Gasteiger partial charge in [-0.2, -0.15) is 0 Å². The Morgan fingerprint density at radius 2 is 2.05 bits per heavy atom. The zero-order valence-corrected chi connectivity index (χ0v) is 12.0. The Morgan fingerprint density at radius 1 is 1.30 bits per heavy atom. The topological polar surface area (TPSA) is 34.9 Å². The molecule has 100 valence electrons. The van der Waals surface area contributed by atoms with Gasteiger partial charge in [-0.05, 0) is 27.6 Å². The molecule has 0 aliphatic carbocycles. The fourth-order valence-electron chi connectivity index (χ4n) is 2.19. The molecule has 0 spiro atoms. The number of aldehydes is 1. The van der Waals surface area contributed by atoms with Gasteiger partial charge < -0.3 is 4.57 Å². The Bertz CT molecular complexity index is 783. The summed E-state index contributed by atoms with van der Waals surface area (Å²) in [5, 5.41) is 0. The molecule has 1 heterocycles. The number of carbonyl (C=O) groups is 1. The molecule has 0 aliphatic heterocycles. The SMILES string of the molecule is O=Cc1cc(Br)c(F)c2c1ncn2Cc1ccccc1. The first-order valence-electron chi connectivity index (χ1n) is 6.02. The van der Waals surface area contributed by atoms with Gasteiger partial charge in [-0.1, -0.05) is 30.3 Å². The molecule has 0 atom stereocenters. The average Bonchev–Trinajstić information content (AvgIpc) is 2.88. The predicted octanol–water partition coefficient (Wildman–Crippen LogP) is 3.80. The summed E-state index contributed by atoms with van der Waals surface area (Å²) in [4.78, 5) is 15.2. The van der Waals surface area contributed by atoms with Gasteiger partial charge >= 0.3 is 0 Å². The molecule has 2 aromatic carbocycles. The number of benzene rings is 2. The summed E-state index contributed by atoms with van der Waals surface area (Å²) < 4.78 is 16.3. The average molecular weight is 333 g/mol. The summed E-state index contributed by atoms with van der Waals surface area (Å²) in [6, 6.07) is 11.2. The maximum atomic E-state index is 14.3. The Morgan fingerprint density at radius 3 is 2.75 bits per heavy atom. The van der Waals surface area contributed by atoms with Crippen LogP contribution in [0.25, 0.3) is 11.0 Å². The van der Waals surface area contributed by atoms with E-state index in [1.165, 1.54) is 6.07 Å². The Balaban J connectivity index is 2.18. The lowest BCUT2D eigenvalue weighted by atomic mass is 10.2. The third kappa shape index (κ3) is 2.14. The van der Waals surface area contributed by atoms with E-state index < -0.39 is 5.82 Å². The molecule has 0 fully saturated rings. The van der Waals surface area contributed by atoms with Crippen molar-refractivity contribution in [3.05, 3.63) is 64.1 Å². The molecule has 5 heteroatoms. The number of aromatic nitrogens is 2. The van der Waals surface area contributed by atoms with E-state index in [-0.39, 0.29) is 4.47 Å². The van der Waals surface area contributed by atoms with Crippen molar-refractivity contribution in [3.8, 4) is 0 Å². The van der Waals surface area contributed by atoms with Crippen LogP contribution >= 0.6 is 15.9 Å². The highest BCUT2D eigenvalue weighted by molar-refractivity contribution is 9.10. The lowest BCUT2D eigenvalue weighted by Crippen LogP contribution is -2.00. The van der Waals surface area contributed by atoms with Crippen LogP contribution in [0.1, 0.15) is 15.9 Å². The van der Waals surface area contributed by atoms with E-state index >= 15 is 0 Å². The zero-order valence-electron chi connectivity index (χ0n) is 10.4. The largest absolute Gasteiger partial charge is 0.324 e. The van der Waals surface area contributed by atoms with Gasteiger partial charge in [-0.3, -0.25) is 4.79 Å². The first-order chi connectivity index (χ1) is 9.70. The van der Waals surface area contributed by atoms with Crippen molar-refractivity contribution in [1.29, 1.82) is 0 Å². The molecule has 0 N–H and O–H groups in total. The summed E-state index contributed by atoms with van der Waals surface area (Å²) in [6.07, 6.45) is 2.24. The minimum atomic E-state index is -0.404. The molecule has 0 radical (unpaired) electrons. The molecule has 0 aliphatic rings. The molecule has 3 aromatic rings. The third-order valence-corrected chi connectivity index (χ3v) is 3.71. The van der Waals surface area contributed by atoms with E-state index in [0.29, 0.717) is 29.4 Å². The van der Waals surface area contributed by atoms with Crippen LogP contribution in [-0.2, 0) is 6.54 Å². The van der Waals surface area contributed by atoms with Crippen molar-refractivity contribution in [1.82, 2.24) is 9.55 Å². The van der Waals surface area contributed by atoms with Crippen molar-refractivity contribution < 1.29 is 9.18 Å². The van der Waals surface area contributed by atoms with E-state index in [1.54, 1.807) is 10.9 Å². The van der Waals surface area contributed by atoms with Crippen molar-refractivity contribution >= 4 is 33.2 Å². The number of nitrogens with zero attached hydrogens (tertiary/aromatic N) is 2. The number of rotatable bonds is 3. The fraction of sp³-hybridized carbons (Fsp3) is 0.0667. The Kier molecular flexibility index (Phi) is 3.36. The Labute approximate surface area is 123 Å². The standard InChI is InChI=1S/C15H10BrFN2O/c16-12-6-11(8-20)14-15(13(12)17)19(9-18-14)7-10-4-2-1-3-5-10/h1-6,8-9H,7H2. The fourth-order valence-corrected chi connectivity index (χ4v) is 2.63. The second kappa shape index (κ2) is 5.17. The van der Waals surface area contributed by atoms with Crippen molar-refractivity contribution in [3.63, 3.8) is 0 Å². The number of imidazole rings is 1. The summed E-state index contributed by atoms with van der Waals surface area (Å²) >= 11 is 3.14. The monoisotopic (exact) mass is 332 g/mol. The maximum Gasteiger partial charge on any atom is 0.163 e. The number of halogens is 2. The lowest BCUT2D eigenvalue weighted by molar-refractivity contribution is 0.112. The predicted molar refractivity (Wildman–Crippen MR) is 78.3 cm³/mol. The summed E-state index contributed by atoms with van der Waals surface area (Å²) in [7, 11) is 0. The highest BCUT2D eigenvalue weighted by Gasteiger charge is 2.15. The summed E-state index contributed by atoms with van der Waals surface area (Å²) in [5.74, 6) is -0.404. The third-order valence-electron chi connectivity index (χ3n) is 3.13. The van der Waals surface area contributed by atoms with E-state index in [1.807, 2.05) is 30.3 Å². The molecular weight excluding hydrogens is 323 g/mol. The van der Waals surface area contributed by atoms with Crippen LogP contribution in [0.2, 0.25) is 0 Å². The van der Waals surface area contributed by atoms with Gasteiger partial charge in [0.25, 0.3) is 0 Å². The molecule has 20 heavy (non-hydrogen) atoms. The van der Waals surface area contributed by atoms with E-state index in [4.69, 9.17) is 0 Å². The molecule has 0 bridgehead atoms. The first kappa shape index (κ1) is 13.0. The van der Waals surface area contributed by atoms with E-state index in [9.17, 15) is 9.18 Å². The summed E-state index contributed by atoms with van der Waals surface area (Å²) in [5.41, 5.74) is 2.14. The number of hydrogen-bond acceptors (Lipinski definition) is 2. The normalized spacial score (nSPS) is 10.9. The van der Waals surface area contributed by atoms with Gasteiger partial charge in [0.2, 0.25) is 0 Å². The lowest BCUT2D eigenvalue weighted by Gasteiger charge is -2.06. The van der Waals surface area contributed by atoms with Gasteiger partial charge in [-0.25, -0.2) is 9.37 Å². The van der Waals surface area contributed by atoms with Gasteiger partial charge in [0.05, 0.1) is 10.8 Å². The van der Waals surface area contributed by atoms with Crippen molar-refractivity contribution in [2.45, 2.75) is 6.54 Å². The molecule has 1 aromatic heterocycles. The molecule has 3 nitrogen and oxygen atoms in total. The maximum absolute atomic E-state index is 14.3. The van der Waals surface area contributed by atoms with Crippen LogP contribution in [0.4, 0.5) is 4.39 Å². The molecule has 0 amide bonds. The number of carbonyl (C=O) groups excluding carboxylic acids is 1. The van der Waals surface area contributed by atoms with Gasteiger partial charge in [0.1, 0.15) is 11.0 Å². The number of fused-ring (bicyclic) bond motifs is 1. The highest BCUT2D eigenvalue weighted by Crippen LogP contribution is 2.27. The van der Waals surface area contributed by atoms with Crippen LogP contribution in [0.3, 0.4) is 0 Å². The number of hydrogen-bond donors (Lipinski definition) is 0. The van der Waals surface area contributed by atoms with E-state index in [0.717, 1.165) is 5.56 Å². The molecule has 0 saturated carbocycles. The van der Waals surface area contributed by atoms with Crippen molar-refractivity contribution in [2.24, 2.45) is 0 Å². The van der Waals surface area contributed by atoms with Crippen LogP contribution in [0, 0.1) is 5.82 Å². The van der Waals surface area contributed by atoms with Crippen LogP contribution in [0.15, 0.2) is 47.2 Å². The molecular formula is C15H10BrFN2O. The minimum Gasteiger partial charge on any atom is -0.324 e. The molecule has 0 saturated heterocycles. The second-order valence-electron chi connectivity index (χ2n) is 4.43. The highest BCUT2D eigenvalue weighted by atomic mass is 79.9. The van der Waals surface area contributed by atoms with Crippen molar-refractivity contribution in [2.75, 3.05) is 0 Å². The van der Waals surface area contributed by atoms with Gasteiger partial charge in [0, 0.05) is 12.1 Å². The van der Waals surface area contributed by atoms with Gasteiger partial charge in [-0.15, -0.1) is 0 Å². The van der Waals surface area contributed by atoms with Crippen LogP contribution in [-0.4, -0.2) is 15.8 Å². The first-order valence-corrected chi connectivity index (χ1v) is 6.82. The Hall–Kier alpha value is -2.01. The molecule has 0 unspecified atom stereocenters. The van der Waals surface area contributed by atoms with E-state index in [2.05, 4.69) is 20.9 Å². The second-order valence-corrected chi connectivity index (χ2v) is 5.29. The van der Waals surface area contributed by atoms with Crippen LogP contribution in [0.5, 0.6) is 0 Å². The smallest absolute Gasteiger partial charge is 0.163 e. The molecule has 3 rings (SSSR count). The quantitative estimate of drug-likeness (QED) is 0.684.